The first-order valence-electron chi connectivity index (χ1n) is 7.61. The zero-order valence-electron chi connectivity index (χ0n) is 12.3. The van der Waals surface area contributed by atoms with E-state index in [0.717, 1.165) is 23.9 Å². The van der Waals surface area contributed by atoms with Crippen LogP contribution in [-0.2, 0) is 0 Å². The van der Waals surface area contributed by atoms with Crippen molar-refractivity contribution in [2.75, 3.05) is 6.54 Å². The van der Waals surface area contributed by atoms with E-state index in [1.54, 1.807) is 12.1 Å². The van der Waals surface area contributed by atoms with E-state index in [4.69, 9.17) is 0 Å². The number of benzene rings is 1. The maximum Gasteiger partial charge on any atom is 0.127 e. The molecular formula is C17H26FN. The molecule has 4 atom stereocenters. The fourth-order valence-electron chi connectivity index (χ4n) is 3.37. The van der Waals surface area contributed by atoms with Gasteiger partial charge in [0.1, 0.15) is 5.82 Å². The SMILES string of the molecule is CCNC(c1ccccc1F)C1CCC(C)C(C)C1. The molecule has 0 aromatic heterocycles. The van der Waals surface area contributed by atoms with Crippen molar-refractivity contribution in [1.82, 2.24) is 5.32 Å². The largest absolute Gasteiger partial charge is 0.310 e. The van der Waals surface area contributed by atoms with Crippen molar-refractivity contribution in [3.05, 3.63) is 35.6 Å². The van der Waals surface area contributed by atoms with Crippen LogP contribution >= 0.6 is 0 Å². The molecule has 2 heteroatoms. The maximum absolute atomic E-state index is 14.1. The lowest BCUT2D eigenvalue weighted by Crippen LogP contribution is -2.33. The van der Waals surface area contributed by atoms with Gasteiger partial charge >= 0.3 is 0 Å². The summed E-state index contributed by atoms with van der Waals surface area (Å²) in [5.41, 5.74) is 0.844. The van der Waals surface area contributed by atoms with Gasteiger partial charge in [0.25, 0.3) is 0 Å². The normalized spacial score (nSPS) is 29.2. The van der Waals surface area contributed by atoms with Gasteiger partial charge in [-0.3, -0.25) is 0 Å². The first kappa shape index (κ1) is 14.5. The molecule has 1 nitrogen and oxygen atoms in total. The predicted octanol–water partition coefficient (Wildman–Crippen LogP) is 4.55. The van der Waals surface area contributed by atoms with Crippen LogP contribution in [0.3, 0.4) is 0 Å². The zero-order valence-corrected chi connectivity index (χ0v) is 12.3. The number of hydrogen-bond acceptors (Lipinski definition) is 1. The van der Waals surface area contributed by atoms with Gasteiger partial charge in [0.2, 0.25) is 0 Å². The molecule has 19 heavy (non-hydrogen) atoms. The first-order valence-corrected chi connectivity index (χ1v) is 7.61. The minimum atomic E-state index is -0.0697. The fraction of sp³-hybridized carbons (Fsp3) is 0.647. The van der Waals surface area contributed by atoms with E-state index in [1.165, 1.54) is 19.3 Å². The molecule has 1 saturated carbocycles. The van der Waals surface area contributed by atoms with Crippen molar-refractivity contribution < 1.29 is 4.39 Å². The van der Waals surface area contributed by atoms with E-state index in [0.29, 0.717) is 5.92 Å². The Morgan fingerprint density at radius 2 is 1.95 bits per heavy atom. The minimum Gasteiger partial charge on any atom is -0.310 e. The van der Waals surface area contributed by atoms with E-state index in [-0.39, 0.29) is 11.9 Å². The van der Waals surface area contributed by atoms with E-state index in [2.05, 4.69) is 26.1 Å². The van der Waals surface area contributed by atoms with Crippen LogP contribution in [0.5, 0.6) is 0 Å². The summed E-state index contributed by atoms with van der Waals surface area (Å²) in [6, 6.07) is 7.39. The minimum absolute atomic E-state index is 0.0697. The lowest BCUT2D eigenvalue weighted by atomic mass is 9.72. The molecule has 1 aliphatic carbocycles. The summed E-state index contributed by atoms with van der Waals surface area (Å²) in [6.45, 7) is 7.66. The molecule has 2 rings (SSSR count). The van der Waals surface area contributed by atoms with Gasteiger partial charge in [-0.1, -0.05) is 45.4 Å². The van der Waals surface area contributed by atoms with Crippen LogP contribution in [0.1, 0.15) is 51.6 Å². The van der Waals surface area contributed by atoms with Crippen molar-refractivity contribution in [2.24, 2.45) is 17.8 Å². The second kappa shape index (κ2) is 6.51. The Morgan fingerprint density at radius 3 is 2.58 bits per heavy atom. The topological polar surface area (TPSA) is 12.0 Å². The summed E-state index contributed by atoms with van der Waals surface area (Å²) in [7, 11) is 0. The van der Waals surface area contributed by atoms with E-state index < -0.39 is 0 Å². The Kier molecular flexibility index (Phi) is 4.98. The highest BCUT2D eigenvalue weighted by Gasteiger charge is 2.31. The molecule has 1 N–H and O–H groups in total. The molecule has 0 saturated heterocycles. The molecule has 0 amide bonds. The Morgan fingerprint density at radius 1 is 1.21 bits per heavy atom. The van der Waals surface area contributed by atoms with Gasteiger partial charge in [-0.15, -0.1) is 0 Å². The van der Waals surface area contributed by atoms with Gasteiger partial charge in [0.05, 0.1) is 0 Å². The summed E-state index contributed by atoms with van der Waals surface area (Å²) in [6.07, 6.45) is 3.67. The second-order valence-electron chi connectivity index (χ2n) is 6.08. The van der Waals surface area contributed by atoms with Crippen LogP contribution in [0, 0.1) is 23.6 Å². The van der Waals surface area contributed by atoms with Crippen LogP contribution in [0.2, 0.25) is 0 Å². The highest BCUT2D eigenvalue weighted by Crippen LogP contribution is 2.40. The Bertz CT molecular complexity index is 404. The number of nitrogens with one attached hydrogen (secondary N) is 1. The lowest BCUT2D eigenvalue weighted by molar-refractivity contribution is 0.170. The third-order valence-corrected chi connectivity index (χ3v) is 4.77. The number of rotatable bonds is 4. The van der Waals surface area contributed by atoms with Gasteiger partial charge in [-0.2, -0.15) is 0 Å². The van der Waals surface area contributed by atoms with Crippen molar-refractivity contribution in [3.8, 4) is 0 Å². The Balaban J connectivity index is 2.19. The van der Waals surface area contributed by atoms with Gasteiger partial charge in [-0.25, -0.2) is 4.39 Å². The van der Waals surface area contributed by atoms with Crippen molar-refractivity contribution in [3.63, 3.8) is 0 Å². The average Bonchev–Trinajstić information content (AvgIpc) is 2.40. The molecule has 1 aliphatic rings. The number of halogens is 1. The van der Waals surface area contributed by atoms with Crippen LogP contribution < -0.4 is 5.32 Å². The molecule has 4 unspecified atom stereocenters. The quantitative estimate of drug-likeness (QED) is 0.840. The molecule has 0 heterocycles. The van der Waals surface area contributed by atoms with Crippen molar-refractivity contribution in [1.29, 1.82) is 0 Å². The van der Waals surface area contributed by atoms with E-state index in [1.807, 2.05) is 12.1 Å². The molecule has 1 aromatic carbocycles. The maximum atomic E-state index is 14.1. The molecule has 0 spiro atoms. The highest BCUT2D eigenvalue weighted by atomic mass is 19.1. The molecule has 1 aromatic rings. The highest BCUT2D eigenvalue weighted by molar-refractivity contribution is 5.22. The van der Waals surface area contributed by atoms with E-state index >= 15 is 0 Å². The molecule has 1 fully saturated rings. The second-order valence-corrected chi connectivity index (χ2v) is 6.08. The van der Waals surface area contributed by atoms with Gasteiger partial charge < -0.3 is 5.32 Å². The molecule has 0 aliphatic heterocycles. The standard InChI is InChI=1S/C17H26FN/c1-4-19-17(15-7-5-6-8-16(15)18)14-10-9-12(2)13(3)11-14/h5-8,12-14,17,19H,4,9-11H2,1-3H3. The van der Waals surface area contributed by atoms with Crippen LogP contribution in [0.15, 0.2) is 24.3 Å². The molecule has 0 bridgehead atoms. The third kappa shape index (κ3) is 3.36. The fourth-order valence-corrected chi connectivity index (χ4v) is 3.37. The monoisotopic (exact) mass is 263 g/mol. The van der Waals surface area contributed by atoms with Gasteiger partial charge in [0.15, 0.2) is 0 Å². The van der Waals surface area contributed by atoms with Crippen molar-refractivity contribution in [2.45, 2.75) is 46.1 Å². The van der Waals surface area contributed by atoms with Gasteiger partial charge in [0, 0.05) is 11.6 Å². The Hall–Kier alpha value is -0.890. The smallest absolute Gasteiger partial charge is 0.127 e. The van der Waals surface area contributed by atoms with Crippen molar-refractivity contribution >= 4 is 0 Å². The summed E-state index contributed by atoms with van der Waals surface area (Å²) < 4.78 is 14.1. The van der Waals surface area contributed by atoms with E-state index in [9.17, 15) is 4.39 Å². The Labute approximate surface area is 116 Å². The van der Waals surface area contributed by atoms with Crippen LogP contribution in [0.4, 0.5) is 4.39 Å². The third-order valence-electron chi connectivity index (χ3n) is 4.77. The predicted molar refractivity (Wildman–Crippen MR) is 78.5 cm³/mol. The first-order chi connectivity index (χ1) is 9.13. The average molecular weight is 263 g/mol. The van der Waals surface area contributed by atoms with Crippen LogP contribution in [0.25, 0.3) is 0 Å². The molecule has 0 radical (unpaired) electrons. The zero-order chi connectivity index (χ0) is 13.8. The summed E-state index contributed by atoms with van der Waals surface area (Å²) in [4.78, 5) is 0. The summed E-state index contributed by atoms with van der Waals surface area (Å²) in [5, 5.41) is 3.50. The van der Waals surface area contributed by atoms with Crippen LogP contribution in [-0.4, -0.2) is 6.54 Å². The molecule has 106 valence electrons. The summed E-state index contributed by atoms with van der Waals surface area (Å²) >= 11 is 0. The summed E-state index contributed by atoms with van der Waals surface area (Å²) in [5.74, 6) is 2.04. The van der Waals surface area contributed by atoms with Gasteiger partial charge in [-0.05, 0) is 43.2 Å². The molecular weight excluding hydrogens is 237 g/mol. The lowest BCUT2D eigenvalue weighted by Gasteiger charge is -2.37. The number of hydrogen-bond donors (Lipinski definition) is 1.